The molecular weight excluding hydrogens is 461 g/mol. The van der Waals surface area contributed by atoms with Crippen molar-refractivity contribution in [3.05, 3.63) is 63.9 Å². The fraction of sp³-hybridized carbons (Fsp3) is 0.333. The number of halogens is 4. The van der Waals surface area contributed by atoms with Gasteiger partial charge in [-0.3, -0.25) is 9.69 Å². The van der Waals surface area contributed by atoms with Crippen LogP contribution in [-0.4, -0.2) is 51.4 Å². The molecule has 2 aromatic carbocycles. The Morgan fingerprint density at radius 3 is 2.37 bits per heavy atom. The molecule has 4 rings (SSSR count). The first-order valence-electron chi connectivity index (χ1n) is 9.52. The number of imidazole rings is 1. The number of fused-ring (bicyclic) bond motifs is 1. The smallest absolute Gasteiger partial charge is 0.333 e. The van der Waals surface area contributed by atoms with Gasteiger partial charge in [0.2, 0.25) is 0 Å². The van der Waals surface area contributed by atoms with Crippen LogP contribution in [0.5, 0.6) is 0 Å². The highest BCUT2D eigenvalue weighted by atomic mass is 79.9. The molecule has 0 N–H and O–H groups in total. The zero-order chi connectivity index (χ0) is 21.5. The van der Waals surface area contributed by atoms with Gasteiger partial charge in [-0.1, -0.05) is 28.1 Å². The van der Waals surface area contributed by atoms with Crippen LogP contribution in [0.2, 0.25) is 0 Å². The molecule has 3 aromatic rings. The highest BCUT2D eigenvalue weighted by Gasteiger charge is 2.30. The first-order valence-corrected chi connectivity index (χ1v) is 10.3. The van der Waals surface area contributed by atoms with Crippen molar-refractivity contribution in [2.24, 2.45) is 7.05 Å². The van der Waals surface area contributed by atoms with Crippen molar-refractivity contribution in [3.63, 3.8) is 0 Å². The number of piperazine rings is 1. The fourth-order valence-corrected chi connectivity index (χ4v) is 4.01. The minimum Gasteiger partial charge on any atom is -0.333 e. The molecule has 2 heterocycles. The maximum Gasteiger partial charge on any atom is 0.416 e. The molecule has 0 aliphatic carbocycles. The molecule has 1 aliphatic rings. The highest BCUT2D eigenvalue weighted by molar-refractivity contribution is 9.10. The van der Waals surface area contributed by atoms with Gasteiger partial charge in [-0.15, -0.1) is 0 Å². The largest absolute Gasteiger partial charge is 0.416 e. The molecule has 0 atom stereocenters. The first kappa shape index (κ1) is 20.9. The highest BCUT2D eigenvalue weighted by Crippen LogP contribution is 2.29. The average molecular weight is 481 g/mol. The van der Waals surface area contributed by atoms with E-state index in [1.165, 1.54) is 12.1 Å². The van der Waals surface area contributed by atoms with Crippen molar-refractivity contribution in [2.75, 3.05) is 26.2 Å². The molecule has 0 saturated carbocycles. The minimum absolute atomic E-state index is 0.112. The molecule has 0 spiro atoms. The number of benzene rings is 2. The van der Waals surface area contributed by atoms with Crippen molar-refractivity contribution in [2.45, 2.75) is 12.7 Å². The minimum atomic E-state index is -4.32. The van der Waals surface area contributed by atoms with Crippen LogP contribution in [0, 0.1) is 0 Å². The standard InChI is InChI=1S/C21H20BrF3N4O/c1-27-18-12-16(22)6-7-17(18)26-19(27)20(30)29-10-8-28(9-11-29)13-14-2-4-15(5-3-14)21(23,24)25/h2-7,12H,8-11,13H2,1H3. The van der Waals surface area contributed by atoms with Crippen molar-refractivity contribution < 1.29 is 18.0 Å². The van der Waals surface area contributed by atoms with E-state index in [1.54, 1.807) is 9.47 Å². The Balaban J connectivity index is 1.39. The van der Waals surface area contributed by atoms with Crippen LogP contribution in [0.25, 0.3) is 11.0 Å². The molecule has 0 bridgehead atoms. The Kier molecular flexibility index (Phi) is 5.59. The monoisotopic (exact) mass is 480 g/mol. The van der Waals surface area contributed by atoms with E-state index in [4.69, 9.17) is 0 Å². The van der Waals surface area contributed by atoms with E-state index in [2.05, 4.69) is 25.8 Å². The number of aryl methyl sites for hydroxylation is 1. The van der Waals surface area contributed by atoms with Gasteiger partial charge in [-0.05, 0) is 35.9 Å². The van der Waals surface area contributed by atoms with E-state index < -0.39 is 11.7 Å². The summed E-state index contributed by atoms with van der Waals surface area (Å²) in [7, 11) is 1.83. The Hall–Kier alpha value is -2.39. The predicted molar refractivity (Wildman–Crippen MR) is 111 cm³/mol. The summed E-state index contributed by atoms with van der Waals surface area (Å²) >= 11 is 3.44. The number of amides is 1. The summed E-state index contributed by atoms with van der Waals surface area (Å²) < 4.78 is 40.8. The lowest BCUT2D eigenvalue weighted by Gasteiger charge is -2.34. The first-order chi connectivity index (χ1) is 14.2. The van der Waals surface area contributed by atoms with E-state index in [9.17, 15) is 18.0 Å². The van der Waals surface area contributed by atoms with Gasteiger partial charge in [0, 0.05) is 44.2 Å². The van der Waals surface area contributed by atoms with Crippen molar-refractivity contribution >= 4 is 32.9 Å². The summed E-state index contributed by atoms with van der Waals surface area (Å²) in [5.74, 6) is 0.290. The zero-order valence-electron chi connectivity index (χ0n) is 16.3. The van der Waals surface area contributed by atoms with Gasteiger partial charge >= 0.3 is 6.18 Å². The summed E-state index contributed by atoms with van der Waals surface area (Å²) in [4.78, 5) is 21.4. The van der Waals surface area contributed by atoms with E-state index in [1.807, 2.05) is 25.2 Å². The Labute approximate surface area is 180 Å². The number of hydrogen-bond acceptors (Lipinski definition) is 3. The predicted octanol–water partition coefficient (Wildman–Crippen LogP) is 4.31. The van der Waals surface area contributed by atoms with Gasteiger partial charge in [0.25, 0.3) is 5.91 Å². The number of rotatable bonds is 3. The van der Waals surface area contributed by atoms with Gasteiger partial charge in [0.1, 0.15) is 0 Å². The normalized spacial score (nSPS) is 15.7. The van der Waals surface area contributed by atoms with E-state index in [0.717, 1.165) is 33.2 Å². The van der Waals surface area contributed by atoms with Crippen LogP contribution in [0.1, 0.15) is 21.7 Å². The summed E-state index contributed by atoms with van der Waals surface area (Å²) in [5, 5.41) is 0. The van der Waals surface area contributed by atoms with Crippen LogP contribution in [-0.2, 0) is 19.8 Å². The second-order valence-corrected chi connectivity index (χ2v) is 8.31. The molecule has 0 unspecified atom stereocenters. The lowest BCUT2D eigenvalue weighted by Crippen LogP contribution is -2.48. The molecule has 1 saturated heterocycles. The average Bonchev–Trinajstić information content (AvgIpc) is 3.04. The number of nitrogens with zero attached hydrogens (tertiary/aromatic N) is 4. The van der Waals surface area contributed by atoms with Crippen LogP contribution in [0.4, 0.5) is 13.2 Å². The van der Waals surface area contributed by atoms with Crippen molar-refractivity contribution in [3.8, 4) is 0 Å². The Morgan fingerprint density at radius 1 is 1.07 bits per heavy atom. The molecule has 1 fully saturated rings. The molecule has 0 radical (unpaired) electrons. The van der Waals surface area contributed by atoms with Crippen LogP contribution < -0.4 is 0 Å². The lowest BCUT2D eigenvalue weighted by molar-refractivity contribution is -0.137. The molecule has 1 amide bonds. The molecule has 1 aliphatic heterocycles. The Morgan fingerprint density at radius 2 is 1.73 bits per heavy atom. The quantitative estimate of drug-likeness (QED) is 0.560. The zero-order valence-corrected chi connectivity index (χ0v) is 17.9. The maximum atomic E-state index is 13.0. The summed E-state index contributed by atoms with van der Waals surface area (Å²) in [6.45, 7) is 2.96. The molecule has 30 heavy (non-hydrogen) atoms. The van der Waals surface area contributed by atoms with Crippen LogP contribution in [0.15, 0.2) is 46.9 Å². The number of carbonyl (C=O) groups excluding carboxylic acids is 1. The fourth-order valence-electron chi connectivity index (χ4n) is 3.66. The number of carbonyl (C=O) groups is 1. The SMILES string of the molecule is Cn1c(C(=O)N2CCN(Cc3ccc(C(F)(F)F)cc3)CC2)nc2ccc(Br)cc21. The lowest BCUT2D eigenvalue weighted by atomic mass is 10.1. The molecular formula is C21H20BrF3N4O. The summed E-state index contributed by atoms with van der Waals surface area (Å²) in [5.41, 5.74) is 1.83. The molecule has 9 heteroatoms. The third-order valence-electron chi connectivity index (χ3n) is 5.38. The molecule has 5 nitrogen and oxygen atoms in total. The van der Waals surface area contributed by atoms with Crippen molar-refractivity contribution in [1.29, 1.82) is 0 Å². The summed E-state index contributed by atoms with van der Waals surface area (Å²) in [6, 6.07) is 10.9. The van der Waals surface area contributed by atoms with Gasteiger partial charge in [-0.25, -0.2) is 4.98 Å². The third kappa shape index (κ3) is 4.22. The van der Waals surface area contributed by atoms with E-state index in [0.29, 0.717) is 38.5 Å². The number of alkyl halides is 3. The molecule has 1 aromatic heterocycles. The topological polar surface area (TPSA) is 41.4 Å². The van der Waals surface area contributed by atoms with Crippen LogP contribution >= 0.6 is 15.9 Å². The van der Waals surface area contributed by atoms with Gasteiger partial charge in [0.05, 0.1) is 16.6 Å². The number of hydrogen-bond donors (Lipinski definition) is 0. The van der Waals surface area contributed by atoms with Crippen molar-refractivity contribution in [1.82, 2.24) is 19.4 Å². The third-order valence-corrected chi connectivity index (χ3v) is 5.87. The van der Waals surface area contributed by atoms with E-state index in [-0.39, 0.29) is 5.91 Å². The molecule has 158 valence electrons. The van der Waals surface area contributed by atoms with Gasteiger partial charge < -0.3 is 9.47 Å². The second-order valence-electron chi connectivity index (χ2n) is 7.39. The second kappa shape index (κ2) is 8.03. The maximum absolute atomic E-state index is 13.0. The van der Waals surface area contributed by atoms with Crippen LogP contribution in [0.3, 0.4) is 0 Å². The summed E-state index contributed by atoms with van der Waals surface area (Å²) in [6.07, 6.45) is -4.32. The van der Waals surface area contributed by atoms with Gasteiger partial charge in [0.15, 0.2) is 5.82 Å². The Bertz CT molecular complexity index is 1070. The van der Waals surface area contributed by atoms with E-state index >= 15 is 0 Å². The number of aromatic nitrogens is 2. The van der Waals surface area contributed by atoms with Gasteiger partial charge in [-0.2, -0.15) is 13.2 Å².